The quantitative estimate of drug-likeness (QED) is 0.377. The minimum atomic E-state index is -0.826. The summed E-state index contributed by atoms with van der Waals surface area (Å²) in [5, 5.41) is 10.3. The molecule has 0 bridgehead atoms. The number of benzene rings is 1. The number of para-hydroxylation sites is 1. The summed E-state index contributed by atoms with van der Waals surface area (Å²) in [6, 6.07) is 6.04. The van der Waals surface area contributed by atoms with Crippen LogP contribution < -0.4 is 0 Å². The molecule has 0 aliphatic heterocycles. The van der Waals surface area contributed by atoms with Crippen molar-refractivity contribution in [3.8, 4) is 5.75 Å². The SMILES string of the molecule is CC(C)(C)c1cccc(C(C)(C)C)c1O.C[C]1[C](C)[C](C)[C](C)[C]1C.[Cl][Zr][Cl]. The molecular weight excluding hydrogens is 466 g/mol. The number of hydrogen-bond donors (Lipinski definition) is 1. The van der Waals surface area contributed by atoms with Crippen LogP contribution in [0, 0.1) is 29.6 Å². The normalized spacial score (nSPS) is 17.6. The molecular formula is C24H37Cl2OZr. The van der Waals surface area contributed by atoms with E-state index in [1.54, 1.807) is 0 Å². The van der Waals surface area contributed by atoms with Gasteiger partial charge >= 0.3 is 37.9 Å². The number of hydrogen-bond acceptors (Lipinski definition) is 1. The van der Waals surface area contributed by atoms with E-state index < -0.39 is 20.8 Å². The zero-order chi connectivity index (χ0) is 22.4. The molecule has 28 heavy (non-hydrogen) atoms. The minimum absolute atomic E-state index is 0.00859. The Labute approximate surface area is 193 Å². The Morgan fingerprint density at radius 2 is 0.857 bits per heavy atom. The van der Waals surface area contributed by atoms with Gasteiger partial charge in [-0.25, -0.2) is 0 Å². The standard InChI is InChI=1S/C14H22O.C10H15.2ClH.Zr/c1-13(2,3)10-8-7-9-11(12(10)15)14(4,5)6;1-6-7(2)9(4)10(5)8(6)3;;;/h7-9,15H,1-6H3;1-5H3;2*1H;/q;;;;+2/p-2. The third kappa shape index (κ3) is 7.96. The second-order valence-corrected chi connectivity index (χ2v) is 13.1. The first-order valence-electron chi connectivity index (χ1n) is 9.60. The van der Waals surface area contributed by atoms with Gasteiger partial charge in [0.15, 0.2) is 0 Å². The third-order valence-electron chi connectivity index (χ3n) is 5.46. The molecule has 0 atom stereocenters. The molecule has 2 rings (SSSR count). The Balaban J connectivity index is 0.000000483. The molecule has 0 heterocycles. The van der Waals surface area contributed by atoms with E-state index in [4.69, 9.17) is 17.0 Å². The van der Waals surface area contributed by atoms with E-state index >= 15 is 0 Å². The molecule has 0 unspecified atom stereocenters. The average Bonchev–Trinajstić information content (AvgIpc) is 2.72. The van der Waals surface area contributed by atoms with E-state index in [2.05, 4.69) is 76.2 Å². The first-order valence-corrected chi connectivity index (χ1v) is 15.9. The van der Waals surface area contributed by atoms with Gasteiger partial charge in [0.1, 0.15) is 5.75 Å². The van der Waals surface area contributed by atoms with Crippen molar-refractivity contribution < 1.29 is 26.0 Å². The van der Waals surface area contributed by atoms with Crippen molar-refractivity contribution in [1.29, 1.82) is 0 Å². The maximum absolute atomic E-state index is 10.3. The molecule has 1 aliphatic carbocycles. The third-order valence-corrected chi connectivity index (χ3v) is 5.46. The van der Waals surface area contributed by atoms with E-state index in [0.717, 1.165) is 11.1 Å². The fraction of sp³-hybridized carbons (Fsp3) is 0.542. The Morgan fingerprint density at radius 1 is 0.643 bits per heavy atom. The van der Waals surface area contributed by atoms with E-state index in [1.807, 2.05) is 18.2 Å². The molecule has 4 heteroatoms. The summed E-state index contributed by atoms with van der Waals surface area (Å²) in [7, 11) is 9.87. The molecule has 1 aromatic carbocycles. The summed E-state index contributed by atoms with van der Waals surface area (Å²) < 4.78 is 0. The number of phenolic OH excluding ortho intramolecular Hbond substituents is 1. The zero-order valence-corrected chi connectivity index (χ0v) is 23.4. The van der Waals surface area contributed by atoms with E-state index in [9.17, 15) is 5.11 Å². The van der Waals surface area contributed by atoms with Crippen molar-refractivity contribution in [3.05, 3.63) is 58.9 Å². The van der Waals surface area contributed by atoms with E-state index in [0.29, 0.717) is 5.75 Å². The van der Waals surface area contributed by atoms with Crippen LogP contribution in [0.3, 0.4) is 0 Å². The van der Waals surface area contributed by atoms with Crippen LogP contribution in [0.2, 0.25) is 0 Å². The molecule has 0 aromatic heterocycles. The van der Waals surface area contributed by atoms with E-state index in [1.165, 1.54) is 29.6 Å². The fourth-order valence-electron chi connectivity index (χ4n) is 3.16. The summed E-state index contributed by atoms with van der Waals surface area (Å²) in [5.41, 5.74) is 2.03. The van der Waals surface area contributed by atoms with Crippen LogP contribution in [0.5, 0.6) is 5.75 Å². The van der Waals surface area contributed by atoms with Crippen LogP contribution in [0.15, 0.2) is 18.2 Å². The van der Waals surface area contributed by atoms with E-state index in [-0.39, 0.29) is 10.8 Å². The molecule has 5 radical (unpaired) electrons. The van der Waals surface area contributed by atoms with Crippen LogP contribution in [0.1, 0.15) is 87.3 Å². The van der Waals surface area contributed by atoms with Crippen molar-refractivity contribution in [1.82, 2.24) is 0 Å². The second kappa shape index (κ2) is 11.8. The molecule has 1 aliphatic rings. The van der Waals surface area contributed by atoms with Crippen LogP contribution in [0.25, 0.3) is 0 Å². The van der Waals surface area contributed by atoms with Gasteiger partial charge < -0.3 is 5.11 Å². The Kier molecular flexibility index (Phi) is 12.0. The fourth-order valence-corrected chi connectivity index (χ4v) is 3.16. The summed E-state index contributed by atoms with van der Waals surface area (Å²) >= 11 is -0.826. The topological polar surface area (TPSA) is 20.2 Å². The van der Waals surface area contributed by atoms with Crippen molar-refractivity contribution in [2.45, 2.75) is 87.0 Å². The molecule has 1 N–H and O–H groups in total. The van der Waals surface area contributed by atoms with Crippen LogP contribution in [-0.4, -0.2) is 5.11 Å². The first-order chi connectivity index (χ1) is 12.6. The van der Waals surface area contributed by atoms with Crippen molar-refractivity contribution in [2.24, 2.45) is 0 Å². The summed E-state index contributed by atoms with van der Waals surface area (Å²) in [6.07, 6.45) is 0. The van der Waals surface area contributed by atoms with Gasteiger partial charge in [0.05, 0.1) is 0 Å². The Morgan fingerprint density at radius 3 is 1.04 bits per heavy atom. The van der Waals surface area contributed by atoms with Gasteiger partial charge in [-0.3, -0.25) is 0 Å². The van der Waals surface area contributed by atoms with Gasteiger partial charge in [-0.05, 0) is 51.5 Å². The predicted molar refractivity (Wildman–Crippen MR) is 122 cm³/mol. The summed E-state index contributed by atoms with van der Waals surface area (Å²) in [4.78, 5) is 0. The molecule has 1 saturated carbocycles. The molecule has 0 saturated heterocycles. The van der Waals surface area contributed by atoms with Gasteiger partial charge in [-0.15, -0.1) is 0 Å². The molecule has 0 spiro atoms. The number of phenols is 1. The van der Waals surface area contributed by atoms with Gasteiger partial charge in [-0.2, -0.15) is 0 Å². The van der Waals surface area contributed by atoms with Crippen LogP contribution in [-0.2, 0) is 31.7 Å². The van der Waals surface area contributed by atoms with Gasteiger partial charge in [0, 0.05) is 0 Å². The monoisotopic (exact) mass is 501 g/mol. The average molecular weight is 504 g/mol. The van der Waals surface area contributed by atoms with Crippen molar-refractivity contribution in [3.63, 3.8) is 0 Å². The molecule has 1 aromatic rings. The molecule has 0 amide bonds. The number of aromatic hydroxyl groups is 1. The number of rotatable bonds is 0. The first kappa shape index (κ1) is 28.5. The van der Waals surface area contributed by atoms with Gasteiger partial charge in [-0.1, -0.05) is 94.4 Å². The second-order valence-electron chi connectivity index (χ2n) is 9.40. The zero-order valence-electron chi connectivity index (χ0n) is 19.4. The van der Waals surface area contributed by atoms with Gasteiger partial charge in [0.25, 0.3) is 0 Å². The van der Waals surface area contributed by atoms with Gasteiger partial charge in [0.2, 0.25) is 0 Å². The van der Waals surface area contributed by atoms with Crippen LogP contribution >= 0.6 is 17.0 Å². The Bertz CT molecular complexity index is 512. The molecule has 157 valence electrons. The maximum atomic E-state index is 10.3. The van der Waals surface area contributed by atoms with Crippen molar-refractivity contribution >= 4 is 17.0 Å². The molecule has 1 nitrogen and oxygen atoms in total. The molecule has 1 fully saturated rings. The predicted octanol–water partition coefficient (Wildman–Crippen LogP) is 8.34. The number of halogens is 2. The summed E-state index contributed by atoms with van der Waals surface area (Å²) in [5.74, 6) is 7.79. The Hall–Kier alpha value is 0.483. The van der Waals surface area contributed by atoms with Crippen molar-refractivity contribution in [2.75, 3.05) is 0 Å². The summed E-state index contributed by atoms with van der Waals surface area (Å²) in [6.45, 7) is 23.7. The van der Waals surface area contributed by atoms with Crippen LogP contribution in [0.4, 0.5) is 0 Å².